The van der Waals surface area contributed by atoms with Crippen molar-refractivity contribution < 1.29 is 9.21 Å². The van der Waals surface area contributed by atoms with Crippen LogP contribution in [-0.4, -0.2) is 34.5 Å². The van der Waals surface area contributed by atoms with Gasteiger partial charge in [-0.25, -0.2) is 9.97 Å². The molecule has 186 valence electrons. The highest BCUT2D eigenvalue weighted by Crippen LogP contribution is 2.26. The summed E-state index contributed by atoms with van der Waals surface area (Å²) >= 11 is 1.50. The minimum absolute atomic E-state index is 0.231. The van der Waals surface area contributed by atoms with Crippen LogP contribution in [0.1, 0.15) is 53.0 Å². The number of rotatable bonds is 11. The van der Waals surface area contributed by atoms with Gasteiger partial charge in [-0.15, -0.1) is 0 Å². The second-order valence-electron chi connectivity index (χ2n) is 8.81. The van der Waals surface area contributed by atoms with Crippen molar-refractivity contribution >= 4 is 23.5 Å². The molecule has 0 aliphatic carbocycles. The summed E-state index contributed by atoms with van der Waals surface area (Å²) in [6.07, 6.45) is 2.42. The van der Waals surface area contributed by atoms with Crippen molar-refractivity contribution in [3.05, 3.63) is 101 Å². The van der Waals surface area contributed by atoms with Crippen LogP contribution in [-0.2, 0) is 18.7 Å². The molecule has 1 aromatic carbocycles. The number of anilines is 1. The Hall–Kier alpha value is -3.65. The predicted octanol–water partition coefficient (Wildman–Crippen LogP) is 5.49. The van der Waals surface area contributed by atoms with Crippen LogP contribution in [0.2, 0.25) is 0 Å². The quantitative estimate of drug-likeness (QED) is 0.215. The summed E-state index contributed by atoms with van der Waals surface area (Å²) < 4.78 is 5.79. The first-order chi connectivity index (χ1) is 17.5. The van der Waals surface area contributed by atoms with Crippen LogP contribution >= 0.6 is 11.8 Å². The zero-order valence-electron chi connectivity index (χ0n) is 20.8. The molecule has 0 aliphatic heterocycles. The Morgan fingerprint density at radius 1 is 1.06 bits per heavy atom. The standard InChI is InChI=1S/C28H31N5O2S/c1-20(2)24-17-26(33(3)18-21-9-5-4-6-10-21)32-28(31-24)36-19-23-12-13-25(35-23)27(34)30-16-14-22-11-7-8-15-29-22/h4-13,15,17,20H,14,16,18-19H2,1-3H3,(H,30,34). The lowest BCUT2D eigenvalue weighted by Crippen LogP contribution is -2.25. The number of carbonyl (C=O) groups excluding carboxylic acids is 1. The van der Waals surface area contributed by atoms with Gasteiger partial charge in [0.25, 0.3) is 5.91 Å². The van der Waals surface area contributed by atoms with E-state index in [9.17, 15) is 4.79 Å². The van der Waals surface area contributed by atoms with E-state index in [2.05, 4.69) is 47.2 Å². The maximum Gasteiger partial charge on any atom is 0.287 e. The van der Waals surface area contributed by atoms with Gasteiger partial charge in [0.1, 0.15) is 11.6 Å². The van der Waals surface area contributed by atoms with Crippen LogP contribution in [0, 0.1) is 0 Å². The Kier molecular flexibility index (Phi) is 8.73. The van der Waals surface area contributed by atoms with Crippen LogP contribution in [0.25, 0.3) is 0 Å². The zero-order chi connectivity index (χ0) is 25.3. The normalized spacial score (nSPS) is 11.0. The van der Waals surface area contributed by atoms with E-state index in [4.69, 9.17) is 14.4 Å². The fourth-order valence-electron chi connectivity index (χ4n) is 3.57. The maximum absolute atomic E-state index is 12.4. The number of hydrogen-bond donors (Lipinski definition) is 1. The number of amides is 1. The summed E-state index contributed by atoms with van der Waals surface area (Å²) in [7, 11) is 2.04. The summed E-state index contributed by atoms with van der Waals surface area (Å²) in [6, 6.07) is 21.7. The predicted molar refractivity (Wildman–Crippen MR) is 143 cm³/mol. The van der Waals surface area contributed by atoms with E-state index in [1.807, 2.05) is 49.5 Å². The van der Waals surface area contributed by atoms with Gasteiger partial charge >= 0.3 is 0 Å². The number of pyridine rings is 1. The van der Waals surface area contributed by atoms with E-state index >= 15 is 0 Å². The van der Waals surface area contributed by atoms with E-state index < -0.39 is 0 Å². The highest BCUT2D eigenvalue weighted by Gasteiger charge is 2.14. The van der Waals surface area contributed by atoms with Gasteiger partial charge in [-0.3, -0.25) is 9.78 Å². The molecule has 0 saturated carbocycles. The van der Waals surface area contributed by atoms with Gasteiger partial charge in [-0.05, 0) is 35.7 Å². The maximum atomic E-state index is 12.4. The molecule has 1 N–H and O–H groups in total. The summed E-state index contributed by atoms with van der Waals surface area (Å²) in [5, 5.41) is 3.57. The molecule has 0 unspecified atom stereocenters. The first-order valence-corrected chi connectivity index (χ1v) is 13.0. The van der Waals surface area contributed by atoms with Crippen molar-refractivity contribution in [3.63, 3.8) is 0 Å². The Morgan fingerprint density at radius 3 is 2.61 bits per heavy atom. The van der Waals surface area contributed by atoms with Gasteiger partial charge in [-0.1, -0.05) is 62.0 Å². The lowest BCUT2D eigenvalue weighted by Gasteiger charge is -2.20. The number of hydrogen-bond acceptors (Lipinski definition) is 7. The molecular formula is C28H31N5O2S. The molecule has 3 aromatic heterocycles. The smallest absolute Gasteiger partial charge is 0.287 e. The molecule has 0 radical (unpaired) electrons. The SMILES string of the molecule is CC(C)c1cc(N(C)Cc2ccccc2)nc(SCc2ccc(C(=O)NCCc3ccccn3)o2)n1. The molecule has 0 saturated heterocycles. The molecule has 0 aliphatic rings. The summed E-state index contributed by atoms with van der Waals surface area (Å²) in [4.78, 5) is 28.4. The van der Waals surface area contributed by atoms with Crippen LogP contribution in [0.5, 0.6) is 0 Å². The molecule has 7 nitrogen and oxygen atoms in total. The fraction of sp³-hybridized carbons (Fsp3) is 0.286. The van der Waals surface area contributed by atoms with Crippen LogP contribution in [0.15, 0.2) is 82.5 Å². The largest absolute Gasteiger partial charge is 0.455 e. The number of thioether (sulfide) groups is 1. The summed E-state index contributed by atoms with van der Waals surface area (Å²) in [5.41, 5.74) is 3.15. The average Bonchev–Trinajstić information content (AvgIpc) is 3.38. The van der Waals surface area contributed by atoms with E-state index in [-0.39, 0.29) is 11.8 Å². The van der Waals surface area contributed by atoms with Crippen molar-refractivity contribution in [3.8, 4) is 0 Å². The first-order valence-electron chi connectivity index (χ1n) is 12.0. The number of aromatic nitrogens is 3. The molecule has 4 rings (SSSR count). The van der Waals surface area contributed by atoms with Gasteiger partial charge in [0.2, 0.25) is 0 Å². The lowest BCUT2D eigenvalue weighted by atomic mass is 10.1. The van der Waals surface area contributed by atoms with E-state index in [1.165, 1.54) is 17.3 Å². The van der Waals surface area contributed by atoms with Crippen molar-refractivity contribution in [2.45, 2.75) is 43.6 Å². The molecular weight excluding hydrogens is 470 g/mol. The summed E-state index contributed by atoms with van der Waals surface area (Å²) in [5.74, 6) is 2.46. The van der Waals surface area contributed by atoms with Crippen LogP contribution < -0.4 is 10.2 Å². The van der Waals surface area contributed by atoms with Gasteiger partial charge in [-0.2, -0.15) is 0 Å². The number of furan rings is 1. The van der Waals surface area contributed by atoms with Crippen molar-refractivity contribution in [1.29, 1.82) is 0 Å². The third-order valence-corrected chi connectivity index (χ3v) is 6.45. The Balaban J connectivity index is 1.36. The number of nitrogens with one attached hydrogen (secondary N) is 1. The zero-order valence-corrected chi connectivity index (χ0v) is 21.7. The Bertz CT molecular complexity index is 1260. The van der Waals surface area contributed by atoms with Gasteiger partial charge < -0.3 is 14.6 Å². The second kappa shape index (κ2) is 12.4. The highest BCUT2D eigenvalue weighted by molar-refractivity contribution is 7.98. The van der Waals surface area contributed by atoms with Crippen LogP contribution in [0.3, 0.4) is 0 Å². The molecule has 0 spiro atoms. The molecule has 0 atom stereocenters. The summed E-state index contributed by atoms with van der Waals surface area (Å²) in [6.45, 7) is 5.51. The first kappa shape index (κ1) is 25.4. The Labute approximate surface area is 216 Å². The van der Waals surface area contributed by atoms with Crippen LogP contribution in [0.4, 0.5) is 5.82 Å². The third kappa shape index (κ3) is 7.18. The molecule has 0 bridgehead atoms. The van der Waals surface area contributed by atoms with Crippen molar-refractivity contribution in [2.75, 3.05) is 18.5 Å². The van der Waals surface area contributed by atoms with Crippen molar-refractivity contribution in [1.82, 2.24) is 20.3 Å². The van der Waals surface area contributed by atoms with Gasteiger partial charge in [0.15, 0.2) is 10.9 Å². The minimum atomic E-state index is -0.231. The second-order valence-corrected chi connectivity index (χ2v) is 9.75. The molecule has 1 amide bonds. The van der Waals surface area contributed by atoms with Crippen molar-refractivity contribution in [2.24, 2.45) is 0 Å². The van der Waals surface area contributed by atoms with Gasteiger partial charge in [0.05, 0.1) is 5.75 Å². The Morgan fingerprint density at radius 2 is 1.86 bits per heavy atom. The molecule has 8 heteroatoms. The highest BCUT2D eigenvalue weighted by atomic mass is 32.2. The molecule has 4 aromatic rings. The van der Waals surface area contributed by atoms with E-state index in [0.717, 1.165) is 23.8 Å². The topological polar surface area (TPSA) is 84.2 Å². The number of carbonyl (C=O) groups is 1. The van der Waals surface area contributed by atoms with Gasteiger partial charge in [0, 0.05) is 50.2 Å². The van der Waals surface area contributed by atoms with E-state index in [1.54, 1.807) is 12.3 Å². The molecule has 0 fully saturated rings. The third-order valence-electron chi connectivity index (χ3n) is 5.58. The number of nitrogens with zero attached hydrogens (tertiary/aromatic N) is 4. The lowest BCUT2D eigenvalue weighted by molar-refractivity contribution is 0.0925. The monoisotopic (exact) mass is 501 g/mol. The fourth-order valence-corrected chi connectivity index (χ4v) is 4.33. The molecule has 3 heterocycles. The minimum Gasteiger partial charge on any atom is -0.455 e. The van der Waals surface area contributed by atoms with E-state index in [0.29, 0.717) is 35.4 Å². The molecule has 36 heavy (non-hydrogen) atoms. The average molecular weight is 502 g/mol. The number of benzene rings is 1.